The minimum Gasteiger partial charge on any atom is -0.369 e. The Morgan fingerprint density at radius 3 is 2.81 bits per heavy atom. The summed E-state index contributed by atoms with van der Waals surface area (Å²) in [5, 5.41) is 0. The molecule has 0 aromatic carbocycles. The molecule has 0 spiro atoms. The molecule has 4 atom stereocenters. The topological polar surface area (TPSA) is 107 Å². The molecule has 2 fully saturated rings. The molecule has 4 rings (SSSR count). The molecule has 0 bridgehead atoms. The van der Waals surface area contributed by atoms with Crippen LogP contribution in [-0.4, -0.2) is 69.0 Å². The predicted molar refractivity (Wildman–Crippen MR) is 98.0 cm³/mol. The molecule has 2 saturated heterocycles. The highest BCUT2D eigenvalue weighted by molar-refractivity contribution is 5.71. The first kappa shape index (κ1) is 18.1. The fraction of sp³-hybridized carbons (Fsp3) is 0.647. The van der Waals surface area contributed by atoms with Gasteiger partial charge in [-0.2, -0.15) is 4.98 Å². The normalized spacial score (nSPS) is 29.7. The number of aromatic amines is 1. The highest BCUT2D eigenvalue weighted by atomic mass is 16.8. The summed E-state index contributed by atoms with van der Waals surface area (Å²) in [4.78, 5) is 29.6. The van der Waals surface area contributed by atoms with E-state index in [9.17, 15) is 4.79 Å². The fourth-order valence-corrected chi connectivity index (χ4v) is 3.54. The van der Waals surface area contributed by atoms with Crippen molar-refractivity contribution in [2.45, 2.75) is 57.5 Å². The van der Waals surface area contributed by atoms with Crippen molar-refractivity contribution in [2.24, 2.45) is 4.99 Å². The number of nitrogens with one attached hydrogen (secondary N) is 1. The number of H-pyrrole nitrogens is 1. The molecule has 2 aromatic heterocycles. The number of hydrogen-bond donors (Lipinski definition) is 1. The van der Waals surface area contributed by atoms with Gasteiger partial charge in [-0.05, 0) is 20.3 Å². The van der Waals surface area contributed by atoms with Gasteiger partial charge in [0.2, 0.25) is 5.95 Å². The first-order valence-electron chi connectivity index (χ1n) is 8.97. The lowest BCUT2D eigenvalue weighted by Gasteiger charge is -2.24. The maximum Gasteiger partial charge on any atom is 0.280 e. The highest BCUT2D eigenvalue weighted by Crippen LogP contribution is 2.44. The van der Waals surface area contributed by atoms with E-state index in [1.165, 1.54) is 0 Å². The summed E-state index contributed by atoms with van der Waals surface area (Å²) < 4.78 is 20.0. The van der Waals surface area contributed by atoms with Gasteiger partial charge < -0.3 is 19.1 Å². The van der Waals surface area contributed by atoms with Crippen molar-refractivity contribution in [3.63, 3.8) is 0 Å². The summed E-state index contributed by atoms with van der Waals surface area (Å²) in [6.45, 7) is 5.82. The molecule has 2 aliphatic rings. The van der Waals surface area contributed by atoms with Crippen LogP contribution in [0.15, 0.2) is 16.1 Å². The average Bonchev–Trinajstić information content (AvgIpc) is 3.23. The molecule has 10 nitrogen and oxygen atoms in total. The van der Waals surface area contributed by atoms with Gasteiger partial charge >= 0.3 is 0 Å². The van der Waals surface area contributed by atoms with Crippen LogP contribution in [-0.2, 0) is 14.2 Å². The smallest absolute Gasteiger partial charge is 0.280 e. The lowest BCUT2D eigenvalue weighted by molar-refractivity contribution is -0.196. The van der Waals surface area contributed by atoms with E-state index in [1.807, 2.05) is 34.9 Å². The van der Waals surface area contributed by atoms with Gasteiger partial charge in [-0.25, -0.2) is 9.98 Å². The van der Waals surface area contributed by atoms with Crippen LogP contribution >= 0.6 is 0 Å². The molecule has 10 heteroatoms. The second kappa shape index (κ2) is 6.39. The van der Waals surface area contributed by atoms with Crippen LogP contribution in [0.1, 0.15) is 33.4 Å². The van der Waals surface area contributed by atoms with Gasteiger partial charge in [0, 0.05) is 14.1 Å². The Bertz CT molecular complexity index is 933. The highest BCUT2D eigenvalue weighted by Gasteiger charge is 2.55. The second-order valence-electron chi connectivity index (χ2n) is 7.46. The number of nitrogens with zero attached hydrogens (tertiary/aromatic N) is 5. The van der Waals surface area contributed by atoms with E-state index < -0.39 is 12.0 Å². The molecule has 2 aliphatic heterocycles. The molecule has 146 valence electrons. The summed E-state index contributed by atoms with van der Waals surface area (Å²) in [5.41, 5.74) is 0.283. The monoisotopic (exact) mass is 376 g/mol. The van der Waals surface area contributed by atoms with Crippen molar-refractivity contribution in [1.82, 2.24) is 24.4 Å². The number of hydrogen-bond acceptors (Lipinski definition) is 7. The summed E-state index contributed by atoms with van der Waals surface area (Å²) in [5.74, 6) is -0.485. The van der Waals surface area contributed by atoms with E-state index in [-0.39, 0.29) is 35.3 Å². The molecule has 1 unspecified atom stereocenters. The second-order valence-corrected chi connectivity index (χ2v) is 7.46. The third-order valence-electron chi connectivity index (χ3n) is 4.63. The first-order chi connectivity index (χ1) is 12.8. The van der Waals surface area contributed by atoms with Gasteiger partial charge in [0.25, 0.3) is 5.56 Å². The maximum atomic E-state index is 12.4. The molecule has 4 heterocycles. The van der Waals surface area contributed by atoms with Crippen molar-refractivity contribution in [2.75, 3.05) is 14.1 Å². The van der Waals surface area contributed by atoms with Gasteiger partial charge in [-0.3, -0.25) is 14.3 Å². The maximum absolute atomic E-state index is 12.4. The van der Waals surface area contributed by atoms with E-state index in [2.05, 4.69) is 19.9 Å². The van der Waals surface area contributed by atoms with E-state index in [0.717, 1.165) is 6.42 Å². The van der Waals surface area contributed by atoms with Crippen molar-refractivity contribution >= 4 is 23.5 Å². The zero-order valence-corrected chi connectivity index (χ0v) is 16.0. The third kappa shape index (κ3) is 3.13. The van der Waals surface area contributed by atoms with Crippen LogP contribution in [0, 0.1) is 0 Å². The lowest BCUT2D eigenvalue weighted by atomic mass is 10.1. The summed E-state index contributed by atoms with van der Waals surface area (Å²) in [6, 6.07) is 0. The number of imidazole rings is 1. The molecular weight excluding hydrogens is 352 g/mol. The molecule has 1 N–H and O–H groups in total. The van der Waals surface area contributed by atoms with E-state index >= 15 is 0 Å². The number of aromatic nitrogens is 4. The lowest BCUT2D eigenvalue weighted by Crippen LogP contribution is -2.28. The van der Waals surface area contributed by atoms with Crippen LogP contribution in [0.25, 0.3) is 11.2 Å². The molecule has 0 aliphatic carbocycles. The van der Waals surface area contributed by atoms with Crippen molar-refractivity contribution in [3.8, 4) is 0 Å². The average molecular weight is 376 g/mol. The number of rotatable bonds is 4. The zero-order valence-electron chi connectivity index (χ0n) is 16.0. The number of ether oxygens (including phenoxy) is 3. The van der Waals surface area contributed by atoms with Gasteiger partial charge in [0.15, 0.2) is 23.2 Å². The number of aliphatic imine (C=N–C) groups is 1. The standard InChI is InChI=1S/C17H24N6O4/c1-6-9-11-12(27-17(2,3)26-11)15(25-9)23-8-18-10-13(23)20-16(21-14(10)24)19-7-22(4)5/h7-9,11-12,15H,6H2,1-5H3,(H,20,21,24)/t9-,11?,12+,15-/m1/s1. The fourth-order valence-electron chi connectivity index (χ4n) is 3.54. The van der Waals surface area contributed by atoms with E-state index in [1.54, 1.807) is 22.1 Å². The van der Waals surface area contributed by atoms with Gasteiger partial charge in [0.1, 0.15) is 12.2 Å². The summed E-state index contributed by atoms with van der Waals surface area (Å²) >= 11 is 0. The van der Waals surface area contributed by atoms with Crippen LogP contribution < -0.4 is 5.56 Å². The third-order valence-corrected chi connectivity index (χ3v) is 4.63. The Kier molecular flexibility index (Phi) is 4.28. The SMILES string of the molecule is CC[C@H]1O[C@@H](n2cnc3c(=O)[nH]c(N=CN(C)C)nc32)[C@H]2OC(C)(C)OC12. The number of fused-ring (bicyclic) bond motifs is 2. The molecular formula is C17H24N6O4. The minimum absolute atomic E-state index is 0.104. The quantitative estimate of drug-likeness (QED) is 0.630. The molecule has 0 radical (unpaired) electrons. The van der Waals surface area contributed by atoms with E-state index in [0.29, 0.717) is 5.65 Å². The first-order valence-corrected chi connectivity index (χ1v) is 8.97. The van der Waals surface area contributed by atoms with Crippen LogP contribution in [0.2, 0.25) is 0 Å². The van der Waals surface area contributed by atoms with Gasteiger partial charge in [-0.15, -0.1) is 0 Å². The zero-order chi connectivity index (χ0) is 19.3. The van der Waals surface area contributed by atoms with Crippen LogP contribution in [0.5, 0.6) is 0 Å². The Labute approximate surface area is 156 Å². The van der Waals surface area contributed by atoms with Crippen molar-refractivity contribution < 1.29 is 14.2 Å². The van der Waals surface area contributed by atoms with Gasteiger partial charge in [-0.1, -0.05) is 6.92 Å². The molecule has 0 saturated carbocycles. The summed E-state index contributed by atoms with van der Waals surface area (Å²) in [6.07, 6.45) is 2.84. The van der Waals surface area contributed by atoms with E-state index in [4.69, 9.17) is 14.2 Å². The minimum atomic E-state index is -0.687. The predicted octanol–water partition coefficient (Wildman–Crippen LogP) is 1.17. The van der Waals surface area contributed by atoms with Crippen molar-refractivity contribution in [1.29, 1.82) is 0 Å². The molecule has 2 aromatic rings. The molecule has 0 amide bonds. The largest absolute Gasteiger partial charge is 0.369 e. The van der Waals surface area contributed by atoms with Crippen molar-refractivity contribution in [3.05, 3.63) is 16.7 Å². The Hall–Kier alpha value is -2.30. The molecule has 27 heavy (non-hydrogen) atoms. The Balaban J connectivity index is 1.76. The Morgan fingerprint density at radius 1 is 1.37 bits per heavy atom. The Morgan fingerprint density at radius 2 is 2.11 bits per heavy atom. The summed E-state index contributed by atoms with van der Waals surface area (Å²) in [7, 11) is 3.67. The van der Waals surface area contributed by atoms with Gasteiger partial charge in [0.05, 0.1) is 18.8 Å². The van der Waals surface area contributed by atoms with Crippen LogP contribution in [0.4, 0.5) is 5.95 Å². The van der Waals surface area contributed by atoms with Crippen LogP contribution in [0.3, 0.4) is 0 Å².